The van der Waals surface area contributed by atoms with Crippen LogP contribution in [-0.2, 0) is 6.67 Å². The monoisotopic (exact) mass is 366 g/mol. The van der Waals surface area contributed by atoms with Gasteiger partial charge >= 0.3 is 0 Å². The molecular formula is C20H12F6. The summed E-state index contributed by atoms with van der Waals surface area (Å²) in [5.74, 6) is -5.37. The Hall–Kier alpha value is -2.76. The highest BCUT2D eigenvalue weighted by atomic mass is 19.2. The Bertz CT molecular complexity index is 948. The molecule has 0 saturated heterocycles. The molecule has 0 aliphatic rings. The lowest BCUT2D eigenvalue weighted by atomic mass is 9.97. The minimum atomic E-state index is -1.38. The van der Waals surface area contributed by atoms with Crippen molar-refractivity contribution < 1.29 is 26.3 Å². The molecule has 3 aromatic rings. The molecule has 3 aromatic carbocycles. The smallest absolute Gasteiger partial charge is 0.134 e. The van der Waals surface area contributed by atoms with Gasteiger partial charge < -0.3 is 0 Å². The van der Waals surface area contributed by atoms with Crippen molar-refractivity contribution in [3.63, 3.8) is 0 Å². The summed E-state index contributed by atoms with van der Waals surface area (Å²) in [6.45, 7) is 0.288. The van der Waals surface area contributed by atoms with E-state index in [1.165, 1.54) is 12.1 Å². The van der Waals surface area contributed by atoms with Crippen molar-refractivity contribution in [2.24, 2.45) is 0 Å². The Kier molecular flexibility index (Phi) is 4.76. The van der Waals surface area contributed by atoms with Crippen LogP contribution in [0.15, 0.2) is 42.5 Å². The molecule has 0 bridgehead atoms. The molecule has 3 rings (SSSR count). The van der Waals surface area contributed by atoms with Gasteiger partial charge in [0.15, 0.2) is 0 Å². The highest BCUT2D eigenvalue weighted by Gasteiger charge is 2.19. The summed E-state index contributed by atoms with van der Waals surface area (Å²) < 4.78 is 83.0. The molecule has 0 atom stereocenters. The summed E-state index contributed by atoms with van der Waals surface area (Å²) in [6, 6.07) is 7.27. The standard InChI is InChI=1S/C20H12F6/c1-10-2-3-13(15(22)4-10)11-5-18(25)20(19(26)6-11)12-7-16(23)14(9-21)17(24)8-12/h2-8H,9H2,1H3. The van der Waals surface area contributed by atoms with Crippen LogP contribution in [-0.4, -0.2) is 0 Å². The van der Waals surface area contributed by atoms with E-state index in [-0.39, 0.29) is 11.1 Å². The van der Waals surface area contributed by atoms with Gasteiger partial charge in [-0.15, -0.1) is 0 Å². The topological polar surface area (TPSA) is 0 Å². The van der Waals surface area contributed by atoms with E-state index in [1.807, 2.05) is 0 Å². The molecule has 0 nitrogen and oxygen atoms in total. The predicted molar refractivity (Wildman–Crippen MR) is 86.7 cm³/mol. The molecule has 0 amide bonds. The van der Waals surface area contributed by atoms with Crippen molar-refractivity contribution in [1.82, 2.24) is 0 Å². The molecule has 0 heterocycles. The molecule has 0 N–H and O–H groups in total. The summed E-state index contributed by atoms with van der Waals surface area (Å²) in [6.07, 6.45) is 0. The van der Waals surface area contributed by atoms with Crippen molar-refractivity contribution in [3.8, 4) is 22.3 Å². The number of aryl methyl sites for hydroxylation is 1. The van der Waals surface area contributed by atoms with Crippen LogP contribution in [0.4, 0.5) is 26.3 Å². The number of rotatable bonds is 3. The van der Waals surface area contributed by atoms with E-state index in [2.05, 4.69) is 0 Å². The van der Waals surface area contributed by atoms with Crippen molar-refractivity contribution in [2.75, 3.05) is 0 Å². The van der Waals surface area contributed by atoms with Gasteiger partial charge in [-0.05, 0) is 53.9 Å². The SMILES string of the molecule is Cc1ccc(-c2cc(F)c(-c3cc(F)c(CF)c(F)c3)c(F)c2)c(F)c1. The Morgan fingerprint density at radius 3 is 1.69 bits per heavy atom. The maximum Gasteiger partial charge on any atom is 0.134 e. The average molecular weight is 366 g/mol. The lowest BCUT2D eigenvalue weighted by Crippen LogP contribution is -1.98. The maximum atomic E-state index is 14.5. The van der Waals surface area contributed by atoms with Crippen LogP contribution in [0.1, 0.15) is 11.1 Å². The second-order valence-electron chi connectivity index (χ2n) is 5.85. The third-order valence-corrected chi connectivity index (χ3v) is 4.04. The van der Waals surface area contributed by atoms with E-state index in [4.69, 9.17) is 0 Å². The van der Waals surface area contributed by atoms with E-state index in [9.17, 15) is 26.3 Å². The predicted octanol–water partition coefficient (Wildman–Crippen LogP) is 6.49. The Morgan fingerprint density at radius 2 is 1.19 bits per heavy atom. The van der Waals surface area contributed by atoms with E-state index >= 15 is 0 Å². The van der Waals surface area contributed by atoms with Crippen LogP contribution in [0.2, 0.25) is 0 Å². The first-order valence-electron chi connectivity index (χ1n) is 7.61. The number of benzene rings is 3. The Balaban J connectivity index is 2.14. The molecule has 0 fully saturated rings. The average Bonchev–Trinajstić information content (AvgIpc) is 2.53. The van der Waals surface area contributed by atoms with E-state index in [0.717, 1.165) is 12.1 Å². The summed E-state index contributed by atoms with van der Waals surface area (Å²) >= 11 is 0. The van der Waals surface area contributed by atoms with E-state index in [1.54, 1.807) is 13.0 Å². The fourth-order valence-electron chi connectivity index (χ4n) is 2.73. The summed E-state index contributed by atoms with van der Waals surface area (Å²) in [5, 5.41) is 0. The van der Waals surface area contributed by atoms with Crippen molar-refractivity contribution >= 4 is 0 Å². The molecule has 134 valence electrons. The lowest BCUT2D eigenvalue weighted by molar-refractivity contribution is 0.440. The zero-order valence-corrected chi connectivity index (χ0v) is 13.5. The van der Waals surface area contributed by atoms with Crippen LogP contribution >= 0.6 is 0 Å². The van der Waals surface area contributed by atoms with Crippen molar-refractivity contribution in [1.29, 1.82) is 0 Å². The van der Waals surface area contributed by atoms with Crippen LogP contribution < -0.4 is 0 Å². The third-order valence-electron chi connectivity index (χ3n) is 4.04. The minimum absolute atomic E-state index is 0.00918. The lowest BCUT2D eigenvalue weighted by Gasteiger charge is -2.11. The largest absolute Gasteiger partial charge is 0.246 e. The fourth-order valence-corrected chi connectivity index (χ4v) is 2.73. The number of hydrogen-bond donors (Lipinski definition) is 0. The Morgan fingerprint density at radius 1 is 0.654 bits per heavy atom. The quantitative estimate of drug-likeness (QED) is 0.465. The molecule has 0 aliphatic heterocycles. The first-order chi connectivity index (χ1) is 12.3. The summed E-state index contributed by atoms with van der Waals surface area (Å²) in [5.41, 5.74) is -1.32. The summed E-state index contributed by atoms with van der Waals surface area (Å²) in [4.78, 5) is 0. The van der Waals surface area contributed by atoms with Crippen LogP contribution in [0, 0.1) is 36.0 Å². The van der Waals surface area contributed by atoms with Crippen LogP contribution in [0.5, 0.6) is 0 Å². The van der Waals surface area contributed by atoms with Crippen LogP contribution in [0.3, 0.4) is 0 Å². The summed E-state index contributed by atoms with van der Waals surface area (Å²) in [7, 11) is 0. The highest BCUT2D eigenvalue weighted by molar-refractivity contribution is 5.72. The molecule has 0 spiro atoms. The van der Waals surface area contributed by atoms with Gasteiger partial charge in [0.05, 0.1) is 11.1 Å². The zero-order valence-electron chi connectivity index (χ0n) is 13.5. The number of alkyl halides is 1. The van der Waals surface area contributed by atoms with Gasteiger partial charge in [0, 0.05) is 5.56 Å². The van der Waals surface area contributed by atoms with Gasteiger partial charge in [0.1, 0.15) is 35.8 Å². The second kappa shape index (κ2) is 6.86. The molecule has 0 aromatic heterocycles. The molecule has 0 aliphatic carbocycles. The molecule has 0 radical (unpaired) electrons. The first-order valence-corrected chi connectivity index (χ1v) is 7.61. The first kappa shape index (κ1) is 18.0. The Labute approximate surface area is 145 Å². The maximum absolute atomic E-state index is 14.5. The van der Waals surface area contributed by atoms with E-state index in [0.29, 0.717) is 17.7 Å². The van der Waals surface area contributed by atoms with Crippen molar-refractivity contribution in [2.45, 2.75) is 13.6 Å². The van der Waals surface area contributed by atoms with Gasteiger partial charge in [-0.3, -0.25) is 0 Å². The van der Waals surface area contributed by atoms with Gasteiger partial charge in [0.2, 0.25) is 0 Å². The second-order valence-corrected chi connectivity index (χ2v) is 5.85. The van der Waals surface area contributed by atoms with Crippen molar-refractivity contribution in [3.05, 3.63) is 82.7 Å². The van der Waals surface area contributed by atoms with Gasteiger partial charge in [0.25, 0.3) is 0 Å². The van der Waals surface area contributed by atoms with Gasteiger partial charge in [-0.1, -0.05) is 12.1 Å². The zero-order chi connectivity index (χ0) is 19.0. The minimum Gasteiger partial charge on any atom is -0.246 e. The van der Waals surface area contributed by atoms with E-state index < -0.39 is 52.5 Å². The number of hydrogen-bond acceptors (Lipinski definition) is 0. The molecular weight excluding hydrogens is 354 g/mol. The van der Waals surface area contributed by atoms with Crippen LogP contribution in [0.25, 0.3) is 22.3 Å². The highest BCUT2D eigenvalue weighted by Crippen LogP contribution is 2.33. The fraction of sp³-hybridized carbons (Fsp3) is 0.100. The molecule has 0 saturated carbocycles. The number of halogens is 6. The molecule has 6 heteroatoms. The van der Waals surface area contributed by atoms with Gasteiger partial charge in [-0.25, -0.2) is 26.3 Å². The molecule has 0 unspecified atom stereocenters. The molecule has 26 heavy (non-hydrogen) atoms. The van der Waals surface area contributed by atoms with Gasteiger partial charge in [-0.2, -0.15) is 0 Å². The normalized spacial score (nSPS) is 11.0. The third kappa shape index (κ3) is 3.19.